The van der Waals surface area contributed by atoms with Crippen molar-refractivity contribution in [3.05, 3.63) is 47.1 Å². The second-order valence-corrected chi connectivity index (χ2v) is 6.06. The molecule has 2 nitrogen and oxygen atoms in total. The van der Waals surface area contributed by atoms with E-state index < -0.39 is 0 Å². The summed E-state index contributed by atoms with van der Waals surface area (Å²) in [6.07, 6.45) is 3.73. The van der Waals surface area contributed by atoms with Gasteiger partial charge in [-0.05, 0) is 31.5 Å². The lowest BCUT2D eigenvalue weighted by Crippen LogP contribution is -2.14. The summed E-state index contributed by atoms with van der Waals surface area (Å²) in [4.78, 5) is 1.17. The third-order valence-corrected chi connectivity index (χ3v) is 4.47. The largest absolute Gasteiger partial charge is 0.376 e. The molecule has 2 rings (SSSR count). The van der Waals surface area contributed by atoms with Gasteiger partial charge in [-0.2, -0.15) is 0 Å². The van der Waals surface area contributed by atoms with Gasteiger partial charge >= 0.3 is 0 Å². The quantitative estimate of drug-likeness (QED) is 0.538. The van der Waals surface area contributed by atoms with Crippen LogP contribution in [0.1, 0.15) is 30.2 Å². The molecule has 0 atom stereocenters. The SMILES string of the molecule is C=CCCOCc1c(CNCCC)sc2cccc(F)c12. The highest BCUT2D eigenvalue weighted by molar-refractivity contribution is 7.19. The summed E-state index contributed by atoms with van der Waals surface area (Å²) in [5.41, 5.74) is 0.987. The predicted octanol–water partition coefficient (Wildman–Crippen LogP) is 4.63. The smallest absolute Gasteiger partial charge is 0.132 e. The molecule has 1 N–H and O–H groups in total. The topological polar surface area (TPSA) is 21.3 Å². The van der Waals surface area contributed by atoms with Crippen molar-refractivity contribution in [1.82, 2.24) is 5.32 Å². The van der Waals surface area contributed by atoms with Crippen LogP contribution in [0, 0.1) is 5.82 Å². The van der Waals surface area contributed by atoms with Crippen molar-refractivity contribution >= 4 is 21.4 Å². The molecule has 0 bridgehead atoms. The highest BCUT2D eigenvalue weighted by atomic mass is 32.1. The van der Waals surface area contributed by atoms with Gasteiger partial charge in [-0.3, -0.25) is 0 Å². The summed E-state index contributed by atoms with van der Waals surface area (Å²) >= 11 is 1.65. The summed E-state index contributed by atoms with van der Waals surface area (Å²) in [6.45, 7) is 8.63. The Bertz CT molecular complexity index is 594. The first-order chi connectivity index (χ1) is 10.3. The minimum atomic E-state index is -0.159. The maximum Gasteiger partial charge on any atom is 0.132 e. The molecule has 0 spiro atoms. The summed E-state index contributed by atoms with van der Waals surface area (Å²) < 4.78 is 20.8. The minimum Gasteiger partial charge on any atom is -0.376 e. The van der Waals surface area contributed by atoms with E-state index in [4.69, 9.17) is 4.74 Å². The Kier molecular flexibility index (Phi) is 6.36. The van der Waals surface area contributed by atoms with Crippen LogP contribution in [0.4, 0.5) is 4.39 Å². The molecule has 114 valence electrons. The van der Waals surface area contributed by atoms with Crippen molar-refractivity contribution in [2.45, 2.75) is 32.9 Å². The molecule has 0 fully saturated rings. The van der Waals surface area contributed by atoms with E-state index in [1.165, 1.54) is 10.9 Å². The van der Waals surface area contributed by atoms with Gasteiger partial charge in [0.15, 0.2) is 0 Å². The lowest BCUT2D eigenvalue weighted by Gasteiger charge is -2.07. The predicted molar refractivity (Wildman–Crippen MR) is 88.3 cm³/mol. The summed E-state index contributed by atoms with van der Waals surface area (Å²) in [5, 5.41) is 4.11. The Morgan fingerprint density at radius 1 is 1.43 bits per heavy atom. The number of hydrogen-bond donors (Lipinski definition) is 1. The average Bonchev–Trinajstić information content (AvgIpc) is 2.83. The van der Waals surface area contributed by atoms with Crippen molar-refractivity contribution in [2.75, 3.05) is 13.2 Å². The van der Waals surface area contributed by atoms with E-state index in [0.717, 1.165) is 41.6 Å². The lowest BCUT2D eigenvalue weighted by atomic mass is 10.1. The van der Waals surface area contributed by atoms with Crippen molar-refractivity contribution < 1.29 is 9.13 Å². The van der Waals surface area contributed by atoms with Gasteiger partial charge in [0.2, 0.25) is 0 Å². The van der Waals surface area contributed by atoms with Crippen molar-refractivity contribution in [2.24, 2.45) is 0 Å². The fraction of sp³-hybridized carbons (Fsp3) is 0.412. The molecule has 0 unspecified atom stereocenters. The van der Waals surface area contributed by atoms with E-state index in [1.807, 2.05) is 12.1 Å². The Morgan fingerprint density at radius 3 is 3.05 bits per heavy atom. The second-order valence-electron chi connectivity index (χ2n) is 4.92. The molecule has 1 aromatic heterocycles. The van der Waals surface area contributed by atoms with Crippen LogP contribution in [0.15, 0.2) is 30.9 Å². The van der Waals surface area contributed by atoms with E-state index in [-0.39, 0.29) is 5.82 Å². The molecular formula is C17H22FNOS. The molecular weight excluding hydrogens is 285 g/mol. The number of nitrogens with one attached hydrogen (secondary N) is 1. The number of rotatable bonds is 9. The van der Waals surface area contributed by atoms with Crippen LogP contribution in [0.25, 0.3) is 10.1 Å². The molecule has 0 saturated carbocycles. The van der Waals surface area contributed by atoms with Crippen LogP contribution in [0.5, 0.6) is 0 Å². The Morgan fingerprint density at radius 2 is 2.29 bits per heavy atom. The van der Waals surface area contributed by atoms with Crippen molar-refractivity contribution in [3.63, 3.8) is 0 Å². The summed E-state index contributed by atoms with van der Waals surface area (Å²) in [5.74, 6) is -0.159. The first kappa shape index (κ1) is 16.1. The van der Waals surface area contributed by atoms with Crippen LogP contribution in [-0.4, -0.2) is 13.2 Å². The fourth-order valence-corrected chi connectivity index (χ4v) is 3.42. The van der Waals surface area contributed by atoms with Gasteiger partial charge in [-0.15, -0.1) is 17.9 Å². The Hall–Kier alpha value is -1.23. The standard InChI is InChI=1S/C17H22FNOS/c1-3-5-10-20-12-13-16(11-19-9-4-2)21-15-8-6-7-14(18)17(13)15/h3,6-8,19H,1,4-5,9-12H2,2H3. The number of benzene rings is 1. The fourth-order valence-electron chi connectivity index (χ4n) is 2.23. The molecule has 0 radical (unpaired) electrons. The zero-order chi connectivity index (χ0) is 15.1. The van der Waals surface area contributed by atoms with Gasteiger partial charge in [0.05, 0.1) is 13.2 Å². The monoisotopic (exact) mass is 307 g/mol. The summed E-state index contributed by atoms with van der Waals surface area (Å²) in [6, 6.07) is 5.25. The molecule has 2 aromatic rings. The van der Waals surface area contributed by atoms with E-state index in [1.54, 1.807) is 17.4 Å². The molecule has 0 aliphatic heterocycles. The van der Waals surface area contributed by atoms with Crippen LogP contribution in [0.2, 0.25) is 0 Å². The molecule has 1 heterocycles. The molecule has 1 aromatic carbocycles. The van der Waals surface area contributed by atoms with Gasteiger partial charge in [-0.1, -0.05) is 19.1 Å². The van der Waals surface area contributed by atoms with Gasteiger partial charge in [-0.25, -0.2) is 4.39 Å². The Labute approximate surface area is 129 Å². The number of ether oxygens (including phenoxy) is 1. The number of halogens is 1. The highest BCUT2D eigenvalue weighted by Gasteiger charge is 2.15. The van der Waals surface area contributed by atoms with Crippen LogP contribution in [-0.2, 0) is 17.9 Å². The van der Waals surface area contributed by atoms with Crippen LogP contribution >= 0.6 is 11.3 Å². The first-order valence-electron chi connectivity index (χ1n) is 7.36. The third kappa shape index (κ3) is 4.13. The van der Waals surface area contributed by atoms with Crippen molar-refractivity contribution in [3.8, 4) is 0 Å². The number of thiophene rings is 1. The number of hydrogen-bond acceptors (Lipinski definition) is 3. The maximum absolute atomic E-state index is 14.1. The van der Waals surface area contributed by atoms with Crippen molar-refractivity contribution in [1.29, 1.82) is 0 Å². The van der Waals surface area contributed by atoms with Gasteiger partial charge < -0.3 is 10.1 Å². The lowest BCUT2D eigenvalue weighted by molar-refractivity contribution is 0.126. The summed E-state index contributed by atoms with van der Waals surface area (Å²) in [7, 11) is 0. The molecule has 0 amide bonds. The zero-order valence-electron chi connectivity index (χ0n) is 12.5. The Balaban J connectivity index is 2.23. The van der Waals surface area contributed by atoms with E-state index in [9.17, 15) is 4.39 Å². The molecule has 21 heavy (non-hydrogen) atoms. The van der Waals surface area contributed by atoms with Crippen LogP contribution < -0.4 is 5.32 Å². The maximum atomic E-state index is 14.1. The second kappa shape index (κ2) is 8.27. The van der Waals surface area contributed by atoms with Gasteiger partial charge in [0.1, 0.15) is 5.82 Å². The normalized spacial score (nSPS) is 11.1. The van der Waals surface area contributed by atoms with E-state index in [2.05, 4.69) is 18.8 Å². The van der Waals surface area contributed by atoms with Gasteiger partial charge in [0, 0.05) is 27.1 Å². The molecule has 0 aliphatic carbocycles. The average molecular weight is 307 g/mol. The van der Waals surface area contributed by atoms with E-state index >= 15 is 0 Å². The highest BCUT2D eigenvalue weighted by Crippen LogP contribution is 2.33. The molecule has 4 heteroatoms. The number of fused-ring (bicyclic) bond motifs is 1. The molecule has 0 saturated heterocycles. The zero-order valence-corrected chi connectivity index (χ0v) is 13.3. The third-order valence-electron chi connectivity index (χ3n) is 3.27. The molecule has 0 aliphatic rings. The first-order valence-corrected chi connectivity index (χ1v) is 8.17. The van der Waals surface area contributed by atoms with Crippen LogP contribution in [0.3, 0.4) is 0 Å². The minimum absolute atomic E-state index is 0.159. The van der Waals surface area contributed by atoms with E-state index in [0.29, 0.717) is 13.2 Å². The van der Waals surface area contributed by atoms with Gasteiger partial charge in [0.25, 0.3) is 0 Å².